The number of fused-ring (bicyclic) bond motifs is 1. The maximum absolute atomic E-state index is 13.5. The summed E-state index contributed by atoms with van der Waals surface area (Å²) in [6.45, 7) is 6.74. The summed E-state index contributed by atoms with van der Waals surface area (Å²) in [7, 11) is 0. The molecule has 1 aliphatic carbocycles. The summed E-state index contributed by atoms with van der Waals surface area (Å²) in [5.74, 6) is -0.0262. The highest BCUT2D eigenvalue weighted by molar-refractivity contribution is 7.19. The Balaban J connectivity index is 1.38. The summed E-state index contributed by atoms with van der Waals surface area (Å²) in [5.41, 5.74) is 3.45. The molecule has 1 amide bonds. The van der Waals surface area contributed by atoms with Crippen molar-refractivity contribution in [3.8, 4) is 0 Å². The highest BCUT2D eigenvalue weighted by Gasteiger charge is 2.29. The number of amides is 1. The third-order valence-corrected chi connectivity index (χ3v) is 8.13. The second kappa shape index (κ2) is 8.52. The van der Waals surface area contributed by atoms with E-state index in [2.05, 4.69) is 16.8 Å². The minimum Gasteiger partial charge on any atom is -0.368 e. The average Bonchev–Trinajstić information content (AvgIpc) is 3.43. The van der Waals surface area contributed by atoms with Crippen LogP contribution in [-0.4, -0.2) is 46.5 Å². The molecule has 1 aromatic carbocycles. The zero-order valence-electron chi connectivity index (χ0n) is 18.4. The van der Waals surface area contributed by atoms with Crippen LogP contribution in [0.3, 0.4) is 0 Å². The molecule has 2 fully saturated rings. The fourth-order valence-electron chi connectivity index (χ4n) is 5.02. The Morgan fingerprint density at radius 3 is 2.56 bits per heavy atom. The molecular formula is C24H27ClN4O2S. The van der Waals surface area contributed by atoms with Crippen LogP contribution in [0.4, 0.5) is 5.69 Å². The molecule has 32 heavy (non-hydrogen) atoms. The van der Waals surface area contributed by atoms with Crippen LogP contribution in [0.15, 0.2) is 29.3 Å². The Labute approximate surface area is 196 Å². The minimum atomic E-state index is -0.0262. The number of thiophene rings is 1. The van der Waals surface area contributed by atoms with Gasteiger partial charge in [0.15, 0.2) is 0 Å². The third kappa shape index (κ3) is 3.71. The molecular weight excluding hydrogens is 444 g/mol. The smallest absolute Gasteiger partial charge is 0.271 e. The van der Waals surface area contributed by atoms with E-state index >= 15 is 0 Å². The molecule has 0 spiro atoms. The second-order valence-electron chi connectivity index (χ2n) is 8.82. The number of hydrogen-bond donors (Lipinski definition) is 0. The van der Waals surface area contributed by atoms with Crippen LogP contribution in [0.2, 0.25) is 5.02 Å². The SMILES string of the molecule is Cc1ccc(Cl)cc1N1CCN(C(=O)c2c(C)sc3c(=O)n(C4CCCC4)cnc23)CC1. The molecule has 0 N–H and O–H groups in total. The zero-order valence-corrected chi connectivity index (χ0v) is 20.0. The molecule has 0 radical (unpaired) electrons. The lowest BCUT2D eigenvalue weighted by molar-refractivity contribution is 0.0748. The van der Waals surface area contributed by atoms with Crippen molar-refractivity contribution in [1.29, 1.82) is 0 Å². The normalized spacial score (nSPS) is 17.5. The number of carbonyl (C=O) groups excluding carboxylic acids is 1. The van der Waals surface area contributed by atoms with Gasteiger partial charge in [-0.05, 0) is 44.4 Å². The Bertz CT molecular complexity index is 1240. The summed E-state index contributed by atoms with van der Waals surface area (Å²) < 4.78 is 2.39. The molecule has 3 heterocycles. The van der Waals surface area contributed by atoms with Gasteiger partial charge in [0.2, 0.25) is 0 Å². The van der Waals surface area contributed by atoms with Crippen molar-refractivity contribution in [2.45, 2.75) is 45.6 Å². The number of nitrogens with zero attached hydrogens (tertiary/aromatic N) is 4. The topological polar surface area (TPSA) is 58.4 Å². The van der Waals surface area contributed by atoms with E-state index in [4.69, 9.17) is 11.6 Å². The molecule has 0 atom stereocenters. The van der Waals surface area contributed by atoms with Crippen LogP contribution in [0.5, 0.6) is 0 Å². The monoisotopic (exact) mass is 470 g/mol. The Kier molecular flexibility index (Phi) is 5.72. The molecule has 0 bridgehead atoms. The molecule has 8 heteroatoms. The van der Waals surface area contributed by atoms with Crippen LogP contribution in [0.25, 0.3) is 10.2 Å². The van der Waals surface area contributed by atoms with E-state index in [1.807, 2.05) is 30.0 Å². The molecule has 6 nitrogen and oxygen atoms in total. The molecule has 2 aliphatic rings. The molecule has 168 valence electrons. The predicted octanol–water partition coefficient (Wildman–Crippen LogP) is 4.81. The molecule has 5 rings (SSSR count). The van der Waals surface area contributed by atoms with Crippen molar-refractivity contribution in [1.82, 2.24) is 14.5 Å². The first-order valence-corrected chi connectivity index (χ1v) is 12.4. The quantitative estimate of drug-likeness (QED) is 0.551. The van der Waals surface area contributed by atoms with Gasteiger partial charge in [-0.2, -0.15) is 0 Å². The van der Waals surface area contributed by atoms with Gasteiger partial charge in [-0.1, -0.05) is 30.5 Å². The van der Waals surface area contributed by atoms with E-state index in [0.717, 1.165) is 54.4 Å². The zero-order chi connectivity index (χ0) is 22.4. The summed E-state index contributed by atoms with van der Waals surface area (Å²) in [4.78, 5) is 36.2. The van der Waals surface area contributed by atoms with Gasteiger partial charge in [0.05, 0.1) is 11.9 Å². The van der Waals surface area contributed by atoms with Gasteiger partial charge in [0.25, 0.3) is 11.5 Å². The number of aryl methyl sites for hydroxylation is 2. The number of anilines is 1. The average molecular weight is 471 g/mol. The molecule has 1 saturated carbocycles. The second-order valence-corrected chi connectivity index (χ2v) is 10.5. The maximum Gasteiger partial charge on any atom is 0.271 e. The number of halogens is 1. The largest absolute Gasteiger partial charge is 0.368 e. The predicted molar refractivity (Wildman–Crippen MR) is 130 cm³/mol. The van der Waals surface area contributed by atoms with Crippen LogP contribution < -0.4 is 10.5 Å². The van der Waals surface area contributed by atoms with Crippen molar-refractivity contribution >= 4 is 44.7 Å². The van der Waals surface area contributed by atoms with Crippen LogP contribution >= 0.6 is 22.9 Å². The number of aromatic nitrogens is 2. The van der Waals surface area contributed by atoms with E-state index in [1.54, 1.807) is 10.9 Å². The summed E-state index contributed by atoms with van der Waals surface area (Å²) in [6, 6.07) is 6.16. The summed E-state index contributed by atoms with van der Waals surface area (Å²) >= 11 is 7.60. The first-order chi connectivity index (χ1) is 15.4. The Hall–Kier alpha value is -2.38. The number of benzene rings is 1. The van der Waals surface area contributed by atoms with Gasteiger partial charge in [-0.25, -0.2) is 4.98 Å². The Morgan fingerprint density at radius 2 is 1.84 bits per heavy atom. The van der Waals surface area contributed by atoms with Crippen LogP contribution in [0.1, 0.15) is 52.5 Å². The van der Waals surface area contributed by atoms with Gasteiger partial charge in [-0.15, -0.1) is 11.3 Å². The van der Waals surface area contributed by atoms with Crippen molar-refractivity contribution in [2.75, 3.05) is 31.1 Å². The van der Waals surface area contributed by atoms with E-state index in [9.17, 15) is 9.59 Å². The number of carbonyl (C=O) groups is 1. The van der Waals surface area contributed by atoms with E-state index < -0.39 is 0 Å². The van der Waals surface area contributed by atoms with Gasteiger partial charge in [0.1, 0.15) is 10.2 Å². The van der Waals surface area contributed by atoms with Gasteiger partial charge in [-0.3, -0.25) is 14.2 Å². The van der Waals surface area contributed by atoms with Crippen LogP contribution in [-0.2, 0) is 0 Å². The molecule has 1 saturated heterocycles. The highest BCUT2D eigenvalue weighted by Crippen LogP contribution is 2.32. The maximum atomic E-state index is 13.5. The van der Waals surface area contributed by atoms with Gasteiger partial charge in [0, 0.05) is 47.8 Å². The van der Waals surface area contributed by atoms with E-state index in [0.29, 0.717) is 28.9 Å². The fraction of sp³-hybridized carbons (Fsp3) is 0.458. The lowest BCUT2D eigenvalue weighted by Gasteiger charge is -2.37. The molecule has 0 unspecified atom stereocenters. The van der Waals surface area contributed by atoms with Crippen molar-refractivity contribution < 1.29 is 4.79 Å². The minimum absolute atomic E-state index is 0.00435. The molecule has 3 aromatic rings. The Morgan fingerprint density at radius 1 is 1.12 bits per heavy atom. The highest BCUT2D eigenvalue weighted by atomic mass is 35.5. The lowest BCUT2D eigenvalue weighted by atomic mass is 10.1. The van der Waals surface area contributed by atoms with Crippen molar-refractivity contribution in [3.05, 3.63) is 55.9 Å². The molecule has 2 aromatic heterocycles. The van der Waals surface area contributed by atoms with Crippen molar-refractivity contribution in [2.24, 2.45) is 0 Å². The number of piperazine rings is 1. The third-order valence-electron chi connectivity index (χ3n) is 6.81. The first kappa shape index (κ1) is 21.5. The fourth-order valence-corrected chi connectivity index (χ4v) is 6.22. The van der Waals surface area contributed by atoms with Crippen LogP contribution in [0, 0.1) is 13.8 Å². The van der Waals surface area contributed by atoms with Gasteiger partial charge < -0.3 is 9.80 Å². The van der Waals surface area contributed by atoms with Crippen molar-refractivity contribution in [3.63, 3.8) is 0 Å². The number of hydrogen-bond acceptors (Lipinski definition) is 5. The summed E-state index contributed by atoms with van der Waals surface area (Å²) in [5, 5.41) is 0.721. The van der Waals surface area contributed by atoms with Gasteiger partial charge >= 0.3 is 0 Å². The number of rotatable bonds is 3. The standard InChI is InChI=1S/C24H27ClN4O2S/c1-15-7-8-17(25)13-19(15)27-9-11-28(12-10-27)23(30)20-16(2)32-22-21(20)26-14-29(24(22)31)18-5-3-4-6-18/h7-8,13-14,18H,3-6,9-12H2,1-2H3. The summed E-state index contributed by atoms with van der Waals surface area (Å²) in [6.07, 6.45) is 6.02. The first-order valence-electron chi connectivity index (χ1n) is 11.2. The van der Waals surface area contributed by atoms with E-state index in [1.165, 1.54) is 16.9 Å². The lowest BCUT2D eigenvalue weighted by Crippen LogP contribution is -2.49. The molecule has 1 aliphatic heterocycles. The van der Waals surface area contributed by atoms with E-state index in [-0.39, 0.29) is 17.5 Å².